The third-order valence-electron chi connectivity index (χ3n) is 1.60. The van der Waals surface area contributed by atoms with Crippen molar-refractivity contribution in [3.8, 4) is 0 Å². The van der Waals surface area contributed by atoms with Crippen LogP contribution < -0.4 is 0 Å². The average Bonchev–Trinajstić information content (AvgIpc) is 1.87. The van der Waals surface area contributed by atoms with Gasteiger partial charge in [0, 0.05) is 6.00 Å². The summed E-state index contributed by atoms with van der Waals surface area (Å²) in [5.74, 6) is 0. The monoisotopic (exact) mass is 140 g/mol. The Labute approximate surface area is 65.2 Å². The van der Waals surface area contributed by atoms with E-state index in [9.17, 15) is 0 Å². The van der Waals surface area contributed by atoms with Gasteiger partial charge in [-0.05, 0) is 6.42 Å². The number of hydrogen-bond donors (Lipinski definition) is 1. The van der Waals surface area contributed by atoms with Crippen LogP contribution in [0.1, 0.15) is 45.4 Å². The summed E-state index contributed by atoms with van der Waals surface area (Å²) in [5, 5.41) is 8.69. The van der Waals surface area contributed by atoms with E-state index >= 15 is 0 Å². The first-order chi connectivity index (χ1) is 4.77. The Morgan fingerprint density at radius 2 is 1.80 bits per heavy atom. The van der Waals surface area contributed by atoms with Crippen LogP contribution in [0.3, 0.4) is 0 Å². The smallest absolute Gasteiger partial charge is 0.108 e. The first-order valence-corrected chi connectivity index (χ1v) is 4.21. The molecule has 1 unspecified atom stereocenters. The number of unbranched alkanes of at least 4 members (excludes halogenated alkanes) is 4. The molecular formula is C8H17BO. The minimum absolute atomic E-state index is 0.596. The third-order valence-corrected chi connectivity index (χ3v) is 1.60. The number of rotatable bonds is 6. The van der Waals surface area contributed by atoms with Crippen molar-refractivity contribution in [3.63, 3.8) is 0 Å². The zero-order chi connectivity index (χ0) is 7.82. The molecule has 2 radical (unpaired) electrons. The van der Waals surface area contributed by atoms with Gasteiger partial charge in [0.25, 0.3) is 0 Å². The molecule has 0 amide bonds. The van der Waals surface area contributed by atoms with Crippen LogP contribution in [0.4, 0.5) is 0 Å². The van der Waals surface area contributed by atoms with E-state index in [1.807, 2.05) is 0 Å². The molecule has 0 rings (SSSR count). The van der Waals surface area contributed by atoms with Crippen LogP contribution in [0, 0.1) is 0 Å². The Balaban J connectivity index is 2.77. The van der Waals surface area contributed by atoms with Gasteiger partial charge in [0.15, 0.2) is 0 Å². The van der Waals surface area contributed by atoms with Gasteiger partial charge in [-0.2, -0.15) is 0 Å². The van der Waals surface area contributed by atoms with E-state index in [1.54, 1.807) is 0 Å². The molecule has 0 aromatic carbocycles. The molecular weight excluding hydrogens is 123 g/mol. The van der Waals surface area contributed by atoms with Gasteiger partial charge in [-0.15, -0.1) is 0 Å². The minimum atomic E-state index is -0.596. The lowest BCUT2D eigenvalue weighted by atomic mass is 9.94. The molecule has 58 valence electrons. The maximum atomic E-state index is 8.69. The van der Waals surface area contributed by atoms with Gasteiger partial charge in [0.2, 0.25) is 0 Å². The summed E-state index contributed by atoms with van der Waals surface area (Å²) >= 11 is 0. The van der Waals surface area contributed by atoms with Gasteiger partial charge in [-0.1, -0.05) is 39.0 Å². The van der Waals surface area contributed by atoms with Crippen molar-refractivity contribution in [2.75, 3.05) is 0 Å². The minimum Gasteiger partial charge on any atom is -0.403 e. The van der Waals surface area contributed by atoms with Crippen LogP contribution in [0.15, 0.2) is 0 Å². The summed E-state index contributed by atoms with van der Waals surface area (Å²) in [4.78, 5) is 0. The zero-order valence-electron chi connectivity index (χ0n) is 6.84. The number of hydrogen-bond acceptors (Lipinski definition) is 1. The topological polar surface area (TPSA) is 20.2 Å². The van der Waals surface area contributed by atoms with E-state index < -0.39 is 6.00 Å². The molecule has 1 atom stereocenters. The maximum absolute atomic E-state index is 8.69. The molecule has 0 fully saturated rings. The average molecular weight is 140 g/mol. The highest BCUT2D eigenvalue weighted by molar-refractivity contribution is 6.10. The van der Waals surface area contributed by atoms with Gasteiger partial charge in [-0.3, -0.25) is 0 Å². The molecule has 0 aromatic heterocycles. The van der Waals surface area contributed by atoms with Crippen molar-refractivity contribution >= 4 is 7.85 Å². The highest BCUT2D eigenvalue weighted by Crippen LogP contribution is 2.05. The fourth-order valence-electron chi connectivity index (χ4n) is 0.957. The van der Waals surface area contributed by atoms with E-state index in [2.05, 4.69) is 6.92 Å². The summed E-state index contributed by atoms with van der Waals surface area (Å²) in [6, 6.07) is -0.596. The Morgan fingerprint density at radius 3 is 2.30 bits per heavy atom. The third kappa shape index (κ3) is 8.02. The standard InChI is InChI=1S/C8H17BO/c1-2-3-4-5-6-7-8(9)10/h8,10H,2-7H2,1H3. The van der Waals surface area contributed by atoms with E-state index in [0.717, 1.165) is 12.8 Å². The van der Waals surface area contributed by atoms with E-state index in [1.165, 1.54) is 25.7 Å². The first kappa shape index (κ1) is 10.0. The summed E-state index contributed by atoms with van der Waals surface area (Å²) in [7, 11) is 5.16. The summed E-state index contributed by atoms with van der Waals surface area (Å²) in [5.41, 5.74) is 0. The van der Waals surface area contributed by atoms with Gasteiger partial charge >= 0.3 is 0 Å². The van der Waals surface area contributed by atoms with E-state index in [4.69, 9.17) is 13.0 Å². The number of aliphatic hydroxyl groups excluding tert-OH is 1. The number of aliphatic hydroxyl groups is 1. The SMILES string of the molecule is [B]C(O)CCCCCCC. The van der Waals surface area contributed by atoms with Crippen LogP contribution >= 0.6 is 0 Å². The molecule has 0 aliphatic rings. The molecule has 0 saturated carbocycles. The molecule has 1 N–H and O–H groups in total. The lowest BCUT2D eigenvalue weighted by molar-refractivity contribution is 0.239. The predicted molar refractivity (Wildman–Crippen MR) is 45.1 cm³/mol. The highest BCUT2D eigenvalue weighted by atomic mass is 16.3. The Kier molecular flexibility index (Phi) is 7.15. The quantitative estimate of drug-likeness (QED) is 0.440. The van der Waals surface area contributed by atoms with Crippen LogP contribution in [0.2, 0.25) is 0 Å². The van der Waals surface area contributed by atoms with E-state index in [-0.39, 0.29) is 0 Å². The van der Waals surface area contributed by atoms with Crippen molar-refractivity contribution in [3.05, 3.63) is 0 Å². The molecule has 0 heterocycles. The Hall–Kier alpha value is 0.0249. The Bertz CT molecular complexity index is 64.3. The molecule has 0 spiro atoms. The summed E-state index contributed by atoms with van der Waals surface area (Å²) in [6.07, 6.45) is 6.89. The zero-order valence-corrected chi connectivity index (χ0v) is 6.84. The van der Waals surface area contributed by atoms with E-state index in [0.29, 0.717) is 0 Å². The molecule has 0 saturated heterocycles. The normalized spacial score (nSPS) is 13.4. The molecule has 0 bridgehead atoms. The molecule has 0 aromatic rings. The van der Waals surface area contributed by atoms with Gasteiger partial charge < -0.3 is 5.11 Å². The second kappa shape index (κ2) is 7.14. The molecule has 2 heteroatoms. The molecule has 0 aliphatic carbocycles. The molecule has 1 nitrogen and oxygen atoms in total. The van der Waals surface area contributed by atoms with Crippen molar-refractivity contribution in [2.45, 2.75) is 51.5 Å². The van der Waals surface area contributed by atoms with Crippen LogP contribution in [-0.2, 0) is 0 Å². The summed E-state index contributed by atoms with van der Waals surface area (Å²) < 4.78 is 0. The van der Waals surface area contributed by atoms with Gasteiger partial charge in [0.1, 0.15) is 7.85 Å². The van der Waals surface area contributed by atoms with Gasteiger partial charge in [-0.25, -0.2) is 0 Å². The molecule has 0 aliphatic heterocycles. The van der Waals surface area contributed by atoms with Crippen LogP contribution in [0.25, 0.3) is 0 Å². The second-order valence-corrected chi connectivity index (χ2v) is 2.77. The molecule has 10 heavy (non-hydrogen) atoms. The van der Waals surface area contributed by atoms with Gasteiger partial charge in [0.05, 0.1) is 0 Å². The lowest BCUT2D eigenvalue weighted by Gasteiger charge is -2.02. The fraction of sp³-hybridized carbons (Fsp3) is 1.00. The largest absolute Gasteiger partial charge is 0.403 e. The predicted octanol–water partition coefficient (Wildman–Crippen LogP) is 1.83. The van der Waals surface area contributed by atoms with Crippen LogP contribution in [-0.4, -0.2) is 19.0 Å². The van der Waals surface area contributed by atoms with Crippen molar-refractivity contribution in [1.82, 2.24) is 0 Å². The van der Waals surface area contributed by atoms with Crippen molar-refractivity contribution < 1.29 is 5.11 Å². The van der Waals surface area contributed by atoms with Crippen molar-refractivity contribution in [1.29, 1.82) is 0 Å². The highest BCUT2D eigenvalue weighted by Gasteiger charge is 1.93. The van der Waals surface area contributed by atoms with Crippen LogP contribution in [0.5, 0.6) is 0 Å². The Morgan fingerprint density at radius 1 is 1.20 bits per heavy atom. The van der Waals surface area contributed by atoms with Crippen molar-refractivity contribution in [2.24, 2.45) is 0 Å². The fourth-order valence-corrected chi connectivity index (χ4v) is 0.957. The lowest BCUT2D eigenvalue weighted by Crippen LogP contribution is -2.04. The second-order valence-electron chi connectivity index (χ2n) is 2.77. The first-order valence-electron chi connectivity index (χ1n) is 4.21. The summed E-state index contributed by atoms with van der Waals surface area (Å²) in [6.45, 7) is 2.19. The maximum Gasteiger partial charge on any atom is 0.108 e.